The Morgan fingerprint density at radius 2 is 1.52 bits per heavy atom. The molecule has 5 heteroatoms. The van der Waals surface area contributed by atoms with E-state index in [2.05, 4.69) is 57.2 Å². The van der Waals surface area contributed by atoms with E-state index in [1.54, 1.807) is 6.26 Å². The summed E-state index contributed by atoms with van der Waals surface area (Å²) in [6.45, 7) is 3.87. The molecule has 0 N–H and O–H groups in total. The molecule has 0 spiro atoms. The molecule has 4 heterocycles. The van der Waals surface area contributed by atoms with Gasteiger partial charge in [0.1, 0.15) is 5.76 Å². The average molecular weight is 382 g/mol. The van der Waals surface area contributed by atoms with E-state index in [1.165, 1.54) is 11.4 Å². The van der Waals surface area contributed by atoms with Crippen molar-refractivity contribution >= 4 is 11.4 Å². The van der Waals surface area contributed by atoms with Crippen molar-refractivity contribution in [3.8, 4) is 22.6 Å². The molecule has 144 valence electrons. The first-order chi connectivity index (χ1) is 14.4. The van der Waals surface area contributed by atoms with Crippen molar-refractivity contribution in [2.45, 2.75) is 0 Å². The average Bonchev–Trinajstić information content (AvgIpc) is 3.35. The molecule has 0 aliphatic carbocycles. The molecule has 5 nitrogen and oxygen atoms in total. The molecule has 0 bridgehead atoms. The van der Waals surface area contributed by atoms with Crippen LogP contribution in [0.5, 0.6) is 0 Å². The highest BCUT2D eigenvalue weighted by atomic mass is 16.3. The lowest BCUT2D eigenvalue weighted by molar-refractivity contribution is 0.582. The lowest BCUT2D eigenvalue weighted by atomic mass is 10.0. The van der Waals surface area contributed by atoms with Crippen molar-refractivity contribution in [3.05, 3.63) is 85.5 Å². The second-order valence-electron chi connectivity index (χ2n) is 7.11. The molecule has 0 unspecified atom stereocenters. The van der Waals surface area contributed by atoms with Gasteiger partial charge in [0.15, 0.2) is 0 Å². The van der Waals surface area contributed by atoms with Gasteiger partial charge in [-0.15, -0.1) is 0 Å². The minimum absolute atomic E-state index is 0.871. The molecule has 0 amide bonds. The Morgan fingerprint density at radius 1 is 0.724 bits per heavy atom. The summed E-state index contributed by atoms with van der Waals surface area (Å²) >= 11 is 0. The predicted octanol–water partition coefficient (Wildman–Crippen LogP) is 4.73. The van der Waals surface area contributed by atoms with E-state index in [0.717, 1.165) is 48.8 Å². The number of hydrogen-bond acceptors (Lipinski definition) is 5. The topological polar surface area (TPSA) is 45.4 Å². The van der Waals surface area contributed by atoms with Gasteiger partial charge in [-0.1, -0.05) is 18.2 Å². The normalized spacial score (nSPS) is 14.2. The summed E-state index contributed by atoms with van der Waals surface area (Å²) in [4.78, 5) is 13.7. The summed E-state index contributed by atoms with van der Waals surface area (Å²) in [7, 11) is 0. The maximum absolute atomic E-state index is 5.57. The van der Waals surface area contributed by atoms with Gasteiger partial charge in [-0.2, -0.15) is 0 Å². The second kappa shape index (κ2) is 7.80. The Hall–Kier alpha value is -3.60. The van der Waals surface area contributed by atoms with E-state index < -0.39 is 0 Å². The number of anilines is 2. The largest absolute Gasteiger partial charge is 0.464 e. The van der Waals surface area contributed by atoms with Crippen molar-refractivity contribution in [2.24, 2.45) is 0 Å². The SMILES string of the molecule is c1cc(-c2ccco2)cc(-c2ncccc2N2CCN(c3ccncc3)CC2)c1. The number of rotatable bonds is 4. The van der Waals surface area contributed by atoms with Gasteiger partial charge in [0.25, 0.3) is 0 Å². The van der Waals surface area contributed by atoms with Crippen molar-refractivity contribution in [1.29, 1.82) is 0 Å². The Bertz CT molecular complexity index is 1070. The molecule has 1 fully saturated rings. The van der Waals surface area contributed by atoms with Crippen LogP contribution in [0.15, 0.2) is 89.9 Å². The van der Waals surface area contributed by atoms with Gasteiger partial charge < -0.3 is 14.2 Å². The second-order valence-corrected chi connectivity index (χ2v) is 7.11. The number of nitrogens with zero attached hydrogens (tertiary/aromatic N) is 4. The molecule has 0 radical (unpaired) electrons. The number of piperazine rings is 1. The Balaban J connectivity index is 1.40. The number of furan rings is 1. The van der Waals surface area contributed by atoms with E-state index in [1.807, 2.05) is 36.8 Å². The first-order valence-corrected chi connectivity index (χ1v) is 9.88. The number of aromatic nitrogens is 2. The van der Waals surface area contributed by atoms with Gasteiger partial charge in [0.2, 0.25) is 0 Å². The van der Waals surface area contributed by atoms with Crippen LogP contribution < -0.4 is 9.80 Å². The lowest BCUT2D eigenvalue weighted by Crippen LogP contribution is -2.46. The predicted molar refractivity (Wildman–Crippen MR) is 116 cm³/mol. The molecule has 3 aromatic heterocycles. The van der Waals surface area contributed by atoms with Crippen molar-refractivity contribution in [2.75, 3.05) is 36.0 Å². The third kappa shape index (κ3) is 3.59. The maximum atomic E-state index is 5.57. The number of hydrogen-bond donors (Lipinski definition) is 0. The van der Waals surface area contributed by atoms with Gasteiger partial charge in [-0.05, 0) is 42.5 Å². The van der Waals surface area contributed by atoms with E-state index in [9.17, 15) is 0 Å². The fraction of sp³-hybridized carbons (Fsp3) is 0.167. The minimum Gasteiger partial charge on any atom is -0.464 e. The van der Waals surface area contributed by atoms with Gasteiger partial charge in [0, 0.05) is 61.6 Å². The van der Waals surface area contributed by atoms with Gasteiger partial charge in [-0.25, -0.2) is 0 Å². The highest BCUT2D eigenvalue weighted by Crippen LogP contribution is 2.32. The first kappa shape index (κ1) is 17.5. The molecular weight excluding hydrogens is 360 g/mol. The monoisotopic (exact) mass is 382 g/mol. The van der Waals surface area contributed by atoms with Crippen LogP contribution in [0.2, 0.25) is 0 Å². The quantitative estimate of drug-likeness (QED) is 0.511. The highest BCUT2D eigenvalue weighted by molar-refractivity contribution is 5.78. The summed E-state index contributed by atoms with van der Waals surface area (Å²) in [5.41, 5.74) is 5.59. The van der Waals surface area contributed by atoms with Crippen molar-refractivity contribution in [1.82, 2.24) is 9.97 Å². The summed E-state index contributed by atoms with van der Waals surface area (Å²) in [5, 5.41) is 0. The fourth-order valence-corrected chi connectivity index (χ4v) is 3.90. The first-order valence-electron chi connectivity index (χ1n) is 9.88. The fourth-order valence-electron chi connectivity index (χ4n) is 3.90. The number of pyridine rings is 2. The van der Waals surface area contributed by atoms with Crippen LogP contribution in [-0.2, 0) is 0 Å². The van der Waals surface area contributed by atoms with Gasteiger partial charge >= 0.3 is 0 Å². The Labute approximate surface area is 170 Å². The molecule has 4 aromatic rings. The molecule has 0 saturated carbocycles. The smallest absolute Gasteiger partial charge is 0.133 e. The van der Waals surface area contributed by atoms with Crippen LogP contribution in [0, 0.1) is 0 Å². The zero-order valence-corrected chi connectivity index (χ0v) is 16.1. The van der Waals surface area contributed by atoms with Crippen LogP contribution in [0.1, 0.15) is 0 Å². The standard InChI is InChI=1S/C24H22N4O/c1-4-19(23-7-3-17-29-23)18-20(5-1)24-22(6-2-10-26-24)28-15-13-27(14-16-28)21-8-11-25-12-9-21/h1-12,17-18H,13-16H2. The van der Waals surface area contributed by atoms with E-state index in [4.69, 9.17) is 9.40 Å². The van der Waals surface area contributed by atoms with Crippen LogP contribution in [-0.4, -0.2) is 36.1 Å². The summed E-state index contributed by atoms with van der Waals surface area (Å²) in [6, 6.07) is 20.6. The zero-order valence-electron chi connectivity index (χ0n) is 16.1. The molecule has 1 saturated heterocycles. The van der Waals surface area contributed by atoms with Crippen LogP contribution >= 0.6 is 0 Å². The molecule has 5 rings (SSSR count). The van der Waals surface area contributed by atoms with E-state index >= 15 is 0 Å². The maximum Gasteiger partial charge on any atom is 0.133 e. The highest BCUT2D eigenvalue weighted by Gasteiger charge is 2.20. The Kier molecular flexibility index (Phi) is 4.70. The molecular formula is C24H22N4O. The molecule has 1 aromatic carbocycles. The van der Waals surface area contributed by atoms with E-state index in [0.29, 0.717) is 0 Å². The summed E-state index contributed by atoms with van der Waals surface area (Å²) in [5.74, 6) is 0.871. The van der Waals surface area contributed by atoms with Crippen molar-refractivity contribution in [3.63, 3.8) is 0 Å². The molecule has 0 atom stereocenters. The summed E-state index contributed by atoms with van der Waals surface area (Å²) < 4.78 is 5.57. The Morgan fingerprint density at radius 3 is 2.31 bits per heavy atom. The van der Waals surface area contributed by atoms with Crippen LogP contribution in [0.4, 0.5) is 11.4 Å². The molecule has 1 aliphatic heterocycles. The van der Waals surface area contributed by atoms with Crippen LogP contribution in [0.3, 0.4) is 0 Å². The van der Waals surface area contributed by atoms with E-state index in [-0.39, 0.29) is 0 Å². The minimum atomic E-state index is 0.871. The zero-order chi connectivity index (χ0) is 19.5. The summed E-state index contributed by atoms with van der Waals surface area (Å²) in [6.07, 6.45) is 7.28. The van der Waals surface area contributed by atoms with Gasteiger partial charge in [0.05, 0.1) is 17.6 Å². The molecule has 1 aliphatic rings. The lowest BCUT2D eigenvalue weighted by Gasteiger charge is -2.37. The molecule has 29 heavy (non-hydrogen) atoms. The van der Waals surface area contributed by atoms with Crippen LogP contribution in [0.25, 0.3) is 22.6 Å². The third-order valence-corrected chi connectivity index (χ3v) is 5.38. The third-order valence-electron chi connectivity index (χ3n) is 5.38. The van der Waals surface area contributed by atoms with Gasteiger partial charge in [-0.3, -0.25) is 9.97 Å². The van der Waals surface area contributed by atoms with Crippen molar-refractivity contribution < 1.29 is 4.42 Å². The number of benzene rings is 1.